The number of carbonyl (C=O) groups excluding carboxylic acids is 1. The van der Waals surface area contributed by atoms with Gasteiger partial charge >= 0.3 is 0 Å². The minimum Gasteiger partial charge on any atom is -0.461 e. The molecule has 0 spiro atoms. The maximum Gasteiger partial charge on any atom is 0.276 e. The second-order valence-corrected chi connectivity index (χ2v) is 6.10. The minimum absolute atomic E-state index is 0.171. The Labute approximate surface area is 144 Å². The van der Waals surface area contributed by atoms with Crippen LogP contribution in [0.5, 0.6) is 0 Å². The number of hydrogen-bond donors (Lipinski definition) is 0. The number of anilines is 1. The molecule has 0 unspecified atom stereocenters. The van der Waals surface area contributed by atoms with Gasteiger partial charge in [0.15, 0.2) is 17.3 Å². The first-order valence-electron chi connectivity index (χ1n) is 7.94. The summed E-state index contributed by atoms with van der Waals surface area (Å²) < 4.78 is 10.5. The highest BCUT2D eigenvalue weighted by Crippen LogP contribution is 2.24. The largest absolute Gasteiger partial charge is 0.461 e. The Morgan fingerprint density at radius 2 is 2.12 bits per heavy atom. The van der Waals surface area contributed by atoms with Crippen LogP contribution < -0.4 is 4.90 Å². The van der Waals surface area contributed by atoms with E-state index < -0.39 is 0 Å². The number of hydrogen-bond acceptors (Lipinski definition) is 7. The van der Waals surface area contributed by atoms with Gasteiger partial charge in [-0.3, -0.25) is 4.79 Å². The van der Waals surface area contributed by atoms with E-state index in [1.54, 1.807) is 29.4 Å². The van der Waals surface area contributed by atoms with Gasteiger partial charge in [-0.25, -0.2) is 0 Å². The van der Waals surface area contributed by atoms with E-state index in [9.17, 15) is 4.79 Å². The standard InChI is InChI=1S/C17H17N5O3/c1-21(2)16-8-11-10-22(6-5-12(11)18-19-16)17(23)13-9-15(25-20-13)14-4-3-7-24-14/h3-4,7-9H,5-6,10H2,1-2H3. The second-order valence-electron chi connectivity index (χ2n) is 6.10. The number of carbonyl (C=O) groups is 1. The van der Waals surface area contributed by atoms with Crippen molar-refractivity contribution in [3.05, 3.63) is 47.5 Å². The Morgan fingerprint density at radius 1 is 1.24 bits per heavy atom. The third-order valence-corrected chi connectivity index (χ3v) is 4.17. The summed E-state index contributed by atoms with van der Waals surface area (Å²) in [6.07, 6.45) is 2.22. The molecule has 3 aromatic rings. The molecule has 25 heavy (non-hydrogen) atoms. The lowest BCUT2D eigenvalue weighted by atomic mass is 10.1. The number of fused-ring (bicyclic) bond motifs is 1. The summed E-state index contributed by atoms with van der Waals surface area (Å²) in [7, 11) is 3.82. The SMILES string of the molecule is CN(C)c1cc2c(nn1)CCN(C(=O)c1cc(-c3ccco3)on1)C2. The van der Waals surface area contributed by atoms with Crippen molar-refractivity contribution in [2.45, 2.75) is 13.0 Å². The molecule has 0 saturated heterocycles. The Kier molecular flexibility index (Phi) is 3.72. The third-order valence-electron chi connectivity index (χ3n) is 4.17. The van der Waals surface area contributed by atoms with Gasteiger partial charge in [0.25, 0.3) is 5.91 Å². The normalized spacial score (nSPS) is 13.6. The van der Waals surface area contributed by atoms with Crippen LogP contribution >= 0.6 is 0 Å². The van der Waals surface area contributed by atoms with E-state index in [-0.39, 0.29) is 11.6 Å². The highest BCUT2D eigenvalue weighted by molar-refractivity contribution is 5.93. The van der Waals surface area contributed by atoms with Crippen molar-refractivity contribution in [3.63, 3.8) is 0 Å². The highest BCUT2D eigenvalue weighted by Gasteiger charge is 2.26. The fourth-order valence-electron chi connectivity index (χ4n) is 2.78. The summed E-state index contributed by atoms with van der Waals surface area (Å²) in [6.45, 7) is 1.05. The molecule has 128 valence electrons. The zero-order chi connectivity index (χ0) is 17.4. The zero-order valence-corrected chi connectivity index (χ0v) is 14.0. The van der Waals surface area contributed by atoms with Crippen molar-refractivity contribution >= 4 is 11.7 Å². The molecule has 1 aliphatic rings. The molecule has 1 amide bonds. The Morgan fingerprint density at radius 3 is 2.88 bits per heavy atom. The average Bonchev–Trinajstić information content (AvgIpc) is 3.31. The topological polar surface area (TPSA) is 88.5 Å². The van der Waals surface area contributed by atoms with Gasteiger partial charge in [0, 0.05) is 39.7 Å². The minimum atomic E-state index is -0.171. The van der Waals surface area contributed by atoms with E-state index in [2.05, 4.69) is 15.4 Å². The first kappa shape index (κ1) is 15.4. The lowest BCUT2D eigenvalue weighted by Gasteiger charge is -2.27. The maximum absolute atomic E-state index is 12.7. The van der Waals surface area contributed by atoms with Crippen molar-refractivity contribution in [2.75, 3.05) is 25.5 Å². The van der Waals surface area contributed by atoms with Crippen molar-refractivity contribution in [3.8, 4) is 11.5 Å². The Bertz CT molecular complexity index is 901. The summed E-state index contributed by atoms with van der Waals surface area (Å²) in [5, 5.41) is 12.3. The summed E-state index contributed by atoms with van der Waals surface area (Å²) in [5.74, 6) is 1.58. The van der Waals surface area contributed by atoms with Crippen molar-refractivity contribution in [1.29, 1.82) is 0 Å². The Balaban J connectivity index is 1.55. The summed E-state index contributed by atoms with van der Waals surface area (Å²) in [4.78, 5) is 16.4. The quantitative estimate of drug-likeness (QED) is 0.721. The lowest BCUT2D eigenvalue weighted by molar-refractivity contribution is 0.0722. The molecule has 8 nitrogen and oxygen atoms in total. The van der Waals surface area contributed by atoms with Crippen LogP contribution in [0, 0.1) is 0 Å². The summed E-state index contributed by atoms with van der Waals surface area (Å²) in [5.41, 5.74) is 2.21. The van der Waals surface area contributed by atoms with Crippen LogP contribution in [-0.4, -0.2) is 46.8 Å². The van der Waals surface area contributed by atoms with Gasteiger partial charge in [-0.15, -0.1) is 5.10 Å². The first-order chi connectivity index (χ1) is 12.1. The van der Waals surface area contributed by atoms with E-state index in [0.717, 1.165) is 17.1 Å². The maximum atomic E-state index is 12.7. The first-order valence-corrected chi connectivity index (χ1v) is 7.94. The molecule has 0 bridgehead atoms. The van der Waals surface area contributed by atoms with E-state index in [1.165, 1.54) is 0 Å². The fourth-order valence-corrected chi connectivity index (χ4v) is 2.78. The molecule has 8 heteroatoms. The molecular formula is C17H17N5O3. The number of aromatic nitrogens is 3. The summed E-state index contributed by atoms with van der Waals surface area (Å²) >= 11 is 0. The fraction of sp³-hybridized carbons (Fsp3) is 0.294. The highest BCUT2D eigenvalue weighted by atomic mass is 16.5. The molecule has 0 saturated carbocycles. The van der Waals surface area contributed by atoms with Crippen molar-refractivity contribution < 1.29 is 13.7 Å². The molecule has 0 N–H and O–H groups in total. The predicted octanol–water partition coefficient (Wildman–Crippen LogP) is 1.99. The third kappa shape index (κ3) is 2.86. The van der Waals surface area contributed by atoms with Crippen LogP contribution in [0.4, 0.5) is 5.82 Å². The van der Waals surface area contributed by atoms with Gasteiger partial charge in [0.2, 0.25) is 5.76 Å². The predicted molar refractivity (Wildman–Crippen MR) is 89.0 cm³/mol. The van der Waals surface area contributed by atoms with Crippen LogP contribution in [0.25, 0.3) is 11.5 Å². The van der Waals surface area contributed by atoms with E-state index in [4.69, 9.17) is 8.94 Å². The van der Waals surface area contributed by atoms with Crippen molar-refractivity contribution in [2.24, 2.45) is 0 Å². The van der Waals surface area contributed by atoms with Crippen LogP contribution in [0.3, 0.4) is 0 Å². The number of amides is 1. The van der Waals surface area contributed by atoms with Gasteiger partial charge in [-0.05, 0) is 23.8 Å². The van der Waals surface area contributed by atoms with Gasteiger partial charge in [-0.1, -0.05) is 5.16 Å². The van der Waals surface area contributed by atoms with Gasteiger partial charge < -0.3 is 18.7 Å². The number of rotatable bonds is 3. The van der Waals surface area contributed by atoms with Gasteiger partial charge in [0.05, 0.1) is 12.0 Å². The monoisotopic (exact) mass is 339 g/mol. The second kappa shape index (κ2) is 6.04. The smallest absolute Gasteiger partial charge is 0.276 e. The average molecular weight is 339 g/mol. The van der Waals surface area contributed by atoms with Crippen LogP contribution in [0.2, 0.25) is 0 Å². The zero-order valence-electron chi connectivity index (χ0n) is 14.0. The molecule has 0 radical (unpaired) electrons. The number of nitrogens with zero attached hydrogens (tertiary/aromatic N) is 5. The van der Waals surface area contributed by atoms with Gasteiger partial charge in [0.1, 0.15) is 0 Å². The van der Waals surface area contributed by atoms with Crippen LogP contribution in [-0.2, 0) is 13.0 Å². The molecule has 3 aromatic heterocycles. The van der Waals surface area contributed by atoms with Crippen molar-refractivity contribution in [1.82, 2.24) is 20.3 Å². The summed E-state index contributed by atoms with van der Waals surface area (Å²) in [6, 6.07) is 7.09. The van der Waals surface area contributed by atoms with Gasteiger partial charge in [-0.2, -0.15) is 5.10 Å². The molecular weight excluding hydrogens is 322 g/mol. The van der Waals surface area contributed by atoms with E-state index in [0.29, 0.717) is 31.0 Å². The molecule has 0 fully saturated rings. The molecule has 0 atom stereocenters. The molecule has 1 aliphatic heterocycles. The molecule has 4 heterocycles. The number of furan rings is 1. The van der Waals surface area contributed by atoms with E-state index >= 15 is 0 Å². The molecule has 4 rings (SSSR count). The van der Waals surface area contributed by atoms with Crippen LogP contribution in [0.1, 0.15) is 21.7 Å². The Hall–Kier alpha value is -3.16. The molecule has 0 aromatic carbocycles. The van der Waals surface area contributed by atoms with Crippen LogP contribution in [0.15, 0.2) is 39.5 Å². The molecule has 0 aliphatic carbocycles. The lowest BCUT2D eigenvalue weighted by Crippen LogP contribution is -2.36. The van der Waals surface area contributed by atoms with E-state index in [1.807, 2.05) is 25.1 Å².